The Kier molecular flexibility index (Phi) is 4.16. The van der Waals surface area contributed by atoms with Crippen LogP contribution in [0.5, 0.6) is 5.75 Å². The molecule has 0 saturated carbocycles. The summed E-state index contributed by atoms with van der Waals surface area (Å²) in [6, 6.07) is 18.7. The van der Waals surface area contributed by atoms with Gasteiger partial charge in [-0.1, -0.05) is 35.9 Å². The average Bonchev–Trinajstić information content (AvgIpc) is 2.57. The van der Waals surface area contributed by atoms with E-state index in [4.69, 9.17) is 0 Å². The standard InChI is InChI=1S/C20H18O3S/c1-14-3-4-15(2)20(13-14)16-5-9-18(10-6-16)24(22,23)19-11-7-17(21)8-12-19/h3-13,21H,1-2H3. The third-order valence-corrected chi connectivity index (χ3v) is 5.80. The van der Waals surface area contributed by atoms with Gasteiger partial charge < -0.3 is 5.11 Å². The molecule has 1 N–H and O–H groups in total. The van der Waals surface area contributed by atoms with E-state index in [9.17, 15) is 13.5 Å². The maximum absolute atomic E-state index is 12.6. The van der Waals surface area contributed by atoms with Gasteiger partial charge in [0, 0.05) is 0 Å². The lowest BCUT2D eigenvalue weighted by Crippen LogP contribution is -2.01. The minimum absolute atomic E-state index is 0.0409. The molecule has 0 aliphatic rings. The summed E-state index contributed by atoms with van der Waals surface area (Å²) in [4.78, 5) is 0.405. The van der Waals surface area contributed by atoms with Crippen molar-refractivity contribution < 1.29 is 13.5 Å². The molecular formula is C20H18O3S. The summed E-state index contributed by atoms with van der Waals surface area (Å²) in [5.41, 5.74) is 4.40. The highest BCUT2D eigenvalue weighted by atomic mass is 32.2. The Morgan fingerprint density at radius 3 is 1.88 bits per heavy atom. The lowest BCUT2D eigenvalue weighted by molar-refractivity contribution is 0.475. The quantitative estimate of drug-likeness (QED) is 0.764. The fourth-order valence-electron chi connectivity index (χ4n) is 2.62. The molecule has 0 radical (unpaired) electrons. The fraction of sp³-hybridized carbons (Fsp3) is 0.100. The van der Waals surface area contributed by atoms with Gasteiger partial charge in [-0.15, -0.1) is 0 Å². The van der Waals surface area contributed by atoms with E-state index >= 15 is 0 Å². The van der Waals surface area contributed by atoms with Crippen molar-refractivity contribution in [2.45, 2.75) is 23.6 Å². The second-order valence-electron chi connectivity index (χ2n) is 5.84. The molecule has 3 nitrogen and oxygen atoms in total. The van der Waals surface area contributed by atoms with E-state index in [1.165, 1.54) is 24.3 Å². The number of phenolic OH excluding ortho intramolecular Hbond substituents is 1. The third-order valence-electron chi connectivity index (χ3n) is 4.02. The summed E-state index contributed by atoms with van der Waals surface area (Å²) in [7, 11) is -3.58. The molecule has 0 amide bonds. The molecule has 0 aliphatic carbocycles. The molecule has 0 unspecified atom stereocenters. The van der Waals surface area contributed by atoms with Gasteiger partial charge in [0.1, 0.15) is 5.75 Å². The summed E-state index contributed by atoms with van der Waals surface area (Å²) in [5, 5.41) is 9.31. The topological polar surface area (TPSA) is 54.4 Å². The molecule has 3 aromatic carbocycles. The number of aromatic hydroxyl groups is 1. The molecule has 122 valence electrons. The molecule has 0 fully saturated rings. The van der Waals surface area contributed by atoms with Crippen molar-refractivity contribution in [2.24, 2.45) is 0 Å². The van der Waals surface area contributed by atoms with Crippen LogP contribution in [0.15, 0.2) is 76.5 Å². The SMILES string of the molecule is Cc1ccc(C)c(-c2ccc(S(=O)(=O)c3ccc(O)cc3)cc2)c1. The van der Waals surface area contributed by atoms with Gasteiger partial charge in [0.25, 0.3) is 0 Å². The molecule has 3 aromatic rings. The van der Waals surface area contributed by atoms with Crippen LogP contribution in [0.25, 0.3) is 11.1 Å². The molecule has 0 heterocycles. The van der Waals surface area contributed by atoms with Gasteiger partial charge in [-0.25, -0.2) is 8.42 Å². The van der Waals surface area contributed by atoms with E-state index in [1.54, 1.807) is 12.1 Å². The van der Waals surface area contributed by atoms with E-state index in [2.05, 4.69) is 18.2 Å². The third kappa shape index (κ3) is 3.05. The highest BCUT2D eigenvalue weighted by Crippen LogP contribution is 2.28. The minimum atomic E-state index is -3.58. The van der Waals surface area contributed by atoms with Crippen molar-refractivity contribution in [2.75, 3.05) is 0 Å². The first-order valence-corrected chi connectivity index (χ1v) is 9.08. The molecule has 0 atom stereocenters. The summed E-state index contributed by atoms with van der Waals surface area (Å²) in [5.74, 6) is 0.0409. The zero-order valence-electron chi connectivity index (χ0n) is 13.5. The average molecular weight is 338 g/mol. The molecule has 0 saturated heterocycles. The smallest absolute Gasteiger partial charge is 0.206 e. The predicted octanol–water partition coefficient (Wildman–Crippen LogP) is 4.51. The molecule has 0 bridgehead atoms. The second kappa shape index (κ2) is 6.13. The molecule has 4 heteroatoms. The molecule has 0 aromatic heterocycles. The van der Waals surface area contributed by atoms with Crippen LogP contribution >= 0.6 is 0 Å². The first kappa shape index (κ1) is 16.3. The molecule has 0 aliphatic heterocycles. The van der Waals surface area contributed by atoms with E-state index < -0.39 is 9.84 Å². The van der Waals surface area contributed by atoms with Crippen LogP contribution in [0.2, 0.25) is 0 Å². The van der Waals surface area contributed by atoms with E-state index in [0.717, 1.165) is 22.3 Å². The van der Waals surface area contributed by atoms with Gasteiger partial charge in [-0.2, -0.15) is 0 Å². The Hall–Kier alpha value is -2.59. The molecule has 24 heavy (non-hydrogen) atoms. The van der Waals surface area contributed by atoms with E-state index in [1.807, 2.05) is 26.0 Å². The van der Waals surface area contributed by atoms with Crippen LogP contribution in [0.3, 0.4) is 0 Å². The second-order valence-corrected chi connectivity index (χ2v) is 7.79. The molecule has 0 spiro atoms. The number of phenols is 1. The highest BCUT2D eigenvalue weighted by molar-refractivity contribution is 7.91. The predicted molar refractivity (Wildman–Crippen MR) is 94.9 cm³/mol. The normalized spacial score (nSPS) is 11.4. The first-order valence-electron chi connectivity index (χ1n) is 7.60. The number of benzene rings is 3. The van der Waals surface area contributed by atoms with Crippen LogP contribution in [0, 0.1) is 13.8 Å². The number of hydrogen-bond acceptors (Lipinski definition) is 3. The summed E-state index contributed by atoms with van der Waals surface area (Å²) in [6.45, 7) is 4.07. The first-order chi connectivity index (χ1) is 11.4. The van der Waals surface area contributed by atoms with Gasteiger partial charge in [-0.3, -0.25) is 0 Å². The van der Waals surface area contributed by atoms with Crippen LogP contribution in [0.1, 0.15) is 11.1 Å². The van der Waals surface area contributed by atoms with Crippen molar-refractivity contribution in [1.82, 2.24) is 0 Å². The van der Waals surface area contributed by atoms with Crippen LogP contribution in [0.4, 0.5) is 0 Å². The van der Waals surface area contributed by atoms with Crippen molar-refractivity contribution in [3.05, 3.63) is 77.9 Å². The van der Waals surface area contributed by atoms with Gasteiger partial charge in [-0.05, 0) is 66.9 Å². The van der Waals surface area contributed by atoms with Crippen molar-refractivity contribution in [3.8, 4) is 16.9 Å². The molecule has 3 rings (SSSR count). The van der Waals surface area contributed by atoms with Crippen molar-refractivity contribution >= 4 is 9.84 Å². The Bertz CT molecular complexity index is 970. The van der Waals surface area contributed by atoms with Gasteiger partial charge in [0.05, 0.1) is 9.79 Å². The lowest BCUT2D eigenvalue weighted by atomic mass is 9.99. The van der Waals surface area contributed by atoms with Crippen LogP contribution in [-0.2, 0) is 9.84 Å². The summed E-state index contributed by atoms with van der Waals surface area (Å²) in [6.07, 6.45) is 0. The fourth-order valence-corrected chi connectivity index (χ4v) is 3.88. The van der Waals surface area contributed by atoms with E-state index in [0.29, 0.717) is 0 Å². The Morgan fingerprint density at radius 1 is 0.750 bits per heavy atom. The largest absolute Gasteiger partial charge is 0.508 e. The Balaban J connectivity index is 2.00. The summed E-state index contributed by atoms with van der Waals surface area (Å²) < 4.78 is 25.3. The number of aryl methyl sites for hydroxylation is 2. The zero-order valence-corrected chi connectivity index (χ0v) is 14.3. The van der Waals surface area contributed by atoms with Crippen LogP contribution in [-0.4, -0.2) is 13.5 Å². The van der Waals surface area contributed by atoms with Crippen LogP contribution < -0.4 is 0 Å². The van der Waals surface area contributed by atoms with Gasteiger partial charge in [0.2, 0.25) is 9.84 Å². The maximum atomic E-state index is 12.6. The van der Waals surface area contributed by atoms with E-state index in [-0.39, 0.29) is 15.5 Å². The Morgan fingerprint density at radius 2 is 1.29 bits per heavy atom. The Labute approximate surface area is 142 Å². The number of sulfone groups is 1. The van der Waals surface area contributed by atoms with Gasteiger partial charge in [0.15, 0.2) is 0 Å². The zero-order chi connectivity index (χ0) is 17.3. The van der Waals surface area contributed by atoms with Crippen molar-refractivity contribution in [1.29, 1.82) is 0 Å². The maximum Gasteiger partial charge on any atom is 0.206 e. The number of hydrogen-bond donors (Lipinski definition) is 1. The summed E-state index contributed by atoms with van der Waals surface area (Å²) >= 11 is 0. The highest BCUT2D eigenvalue weighted by Gasteiger charge is 2.17. The minimum Gasteiger partial charge on any atom is -0.508 e. The monoisotopic (exact) mass is 338 g/mol. The van der Waals surface area contributed by atoms with Gasteiger partial charge >= 0.3 is 0 Å². The number of rotatable bonds is 3. The van der Waals surface area contributed by atoms with Crippen molar-refractivity contribution in [3.63, 3.8) is 0 Å². The molecular weight excluding hydrogens is 320 g/mol. The lowest BCUT2D eigenvalue weighted by Gasteiger charge is -2.09.